The molecular formula is C16H12BrNO6S. The summed E-state index contributed by atoms with van der Waals surface area (Å²) in [5.41, 5.74) is 0.567. The van der Waals surface area contributed by atoms with E-state index in [-0.39, 0.29) is 22.9 Å². The highest BCUT2D eigenvalue weighted by Gasteiger charge is 2.34. The largest absolute Gasteiger partial charge is 0.493 e. The second-order valence-electron chi connectivity index (χ2n) is 4.69. The SMILES string of the molecule is C#CCN1C(=O)S/C(=C/c2cc(Br)c(OCC(=O)O)c(OC)c2)C1=O. The molecule has 1 N–H and O–H groups in total. The molecule has 0 saturated carbocycles. The Bertz CT molecular complexity index is 814. The van der Waals surface area contributed by atoms with Crippen molar-refractivity contribution in [2.24, 2.45) is 0 Å². The van der Waals surface area contributed by atoms with Gasteiger partial charge in [0.05, 0.1) is 23.0 Å². The maximum absolute atomic E-state index is 12.2. The Morgan fingerprint density at radius 3 is 2.80 bits per heavy atom. The first kappa shape index (κ1) is 18.9. The van der Waals surface area contributed by atoms with E-state index >= 15 is 0 Å². The van der Waals surface area contributed by atoms with Crippen LogP contribution < -0.4 is 9.47 Å². The van der Waals surface area contributed by atoms with Crippen molar-refractivity contribution in [1.29, 1.82) is 0 Å². The van der Waals surface area contributed by atoms with Crippen LogP contribution in [0.3, 0.4) is 0 Å². The van der Waals surface area contributed by atoms with E-state index < -0.39 is 23.7 Å². The number of terminal acetylenes is 1. The number of carboxylic acids is 1. The fraction of sp³-hybridized carbons (Fsp3) is 0.188. The van der Waals surface area contributed by atoms with E-state index in [9.17, 15) is 14.4 Å². The van der Waals surface area contributed by atoms with Gasteiger partial charge in [-0.15, -0.1) is 6.42 Å². The summed E-state index contributed by atoms with van der Waals surface area (Å²) in [6.07, 6.45) is 6.68. The van der Waals surface area contributed by atoms with Crippen LogP contribution in [-0.2, 0) is 9.59 Å². The molecule has 0 aliphatic carbocycles. The second kappa shape index (κ2) is 8.09. The summed E-state index contributed by atoms with van der Waals surface area (Å²) in [6, 6.07) is 3.19. The number of nitrogens with zero attached hydrogens (tertiary/aromatic N) is 1. The second-order valence-corrected chi connectivity index (χ2v) is 6.54. The van der Waals surface area contributed by atoms with Gasteiger partial charge in [0, 0.05) is 0 Å². The van der Waals surface area contributed by atoms with E-state index in [4.69, 9.17) is 21.0 Å². The molecule has 1 heterocycles. The Labute approximate surface area is 156 Å². The summed E-state index contributed by atoms with van der Waals surface area (Å²) in [7, 11) is 1.40. The summed E-state index contributed by atoms with van der Waals surface area (Å²) in [6.45, 7) is -0.615. The third-order valence-corrected chi connectivity index (χ3v) is 4.51. The lowest BCUT2D eigenvalue weighted by Gasteiger charge is -2.12. The van der Waals surface area contributed by atoms with Crippen molar-refractivity contribution in [3.8, 4) is 23.8 Å². The van der Waals surface area contributed by atoms with Crippen LogP contribution in [0.15, 0.2) is 21.5 Å². The van der Waals surface area contributed by atoms with Gasteiger partial charge in [-0.25, -0.2) is 4.79 Å². The quantitative estimate of drug-likeness (QED) is 0.552. The smallest absolute Gasteiger partial charge is 0.341 e. The lowest BCUT2D eigenvalue weighted by molar-refractivity contribution is -0.139. The van der Waals surface area contributed by atoms with Gasteiger partial charge in [-0.1, -0.05) is 5.92 Å². The molecule has 0 atom stereocenters. The summed E-state index contributed by atoms with van der Waals surface area (Å²) in [4.78, 5) is 35.8. The molecule has 2 amide bonds. The number of aliphatic carboxylic acids is 1. The molecule has 130 valence electrons. The number of carboxylic acid groups (broad SMARTS) is 1. The first-order chi connectivity index (χ1) is 11.9. The Morgan fingerprint density at radius 1 is 1.48 bits per heavy atom. The summed E-state index contributed by atoms with van der Waals surface area (Å²) >= 11 is 4.07. The maximum Gasteiger partial charge on any atom is 0.341 e. The van der Waals surface area contributed by atoms with Crippen LogP contribution in [0.2, 0.25) is 0 Å². The summed E-state index contributed by atoms with van der Waals surface area (Å²) in [5.74, 6) is 1.18. The highest BCUT2D eigenvalue weighted by atomic mass is 79.9. The monoisotopic (exact) mass is 425 g/mol. The van der Waals surface area contributed by atoms with E-state index in [0.717, 1.165) is 16.7 Å². The fourth-order valence-corrected chi connectivity index (χ4v) is 3.39. The van der Waals surface area contributed by atoms with Gasteiger partial charge in [0.1, 0.15) is 0 Å². The zero-order chi connectivity index (χ0) is 18.6. The van der Waals surface area contributed by atoms with Gasteiger partial charge in [-0.2, -0.15) is 0 Å². The minimum absolute atomic E-state index is 0.0863. The van der Waals surface area contributed by atoms with Gasteiger partial charge in [-0.3, -0.25) is 14.5 Å². The third-order valence-electron chi connectivity index (χ3n) is 3.01. The Morgan fingerprint density at radius 2 is 2.20 bits per heavy atom. The third kappa shape index (κ3) is 4.35. The van der Waals surface area contributed by atoms with Gasteiger partial charge >= 0.3 is 5.97 Å². The van der Waals surface area contributed by atoms with Crippen LogP contribution in [0.1, 0.15) is 5.56 Å². The molecule has 0 radical (unpaired) electrons. The van der Waals surface area contributed by atoms with Crippen LogP contribution in [0, 0.1) is 12.3 Å². The van der Waals surface area contributed by atoms with Crippen molar-refractivity contribution in [2.45, 2.75) is 0 Å². The molecule has 1 saturated heterocycles. The van der Waals surface area contributed by atoms with E-state index in [1.54, 1.807) is 12.1 Å². The number of hydrogen-bond donors (Lipinski definition) is 1. The molecule has 1 aromatic rings. The van der Waals surface area contributed by atoms with E-state index in [2.05, 4.69) is 21.9 Å². The molecular weight excluding hydrogens is 414 g/mol. The number of ether oxygens (including phenoxy) is 2. The summed E-state index contributed by atoms with van der Waals surface area (Å²) < 4.78 is 10.8. The van der Waals surface area contributed by atoms with Crippen molar-refractivity contribution in [1.82, 2.24) is 4.90 Å². The zero-order valence-corrected chi connectivity index (χ0v) is 15.3. The number of benzene rings is 1. The minimum atomic E-state index is -1.12. The van der Waals surface area contributed by atoms with Gasteiger partial charge in [0.15, 0.2) is 18.1 Å². The average Bonchev–Trinajstić information content (AvgIpc) is 2.81. The van der Waals surface area contributed by atoms with E-state index in [1.807, 2.05) is 0 Å². The molecule has 0 bridgehead atoms. The molecule has 1 aliphatic rings. The molecule has 25 heavy (non-hydrogen) atoms. The van der Waals surface area contributed by atoms with Crippen LogP contribution in [0.25, 0.3) is 6.08 Å². The number of methoxy groups -OCH3 is 1. The number of carbonyl (C=O) groups is 3. The number of imide groups is 1. The van der Waals surface area contributed by atoms with Crippen LogP contribution in [0.5, 0.6) is 11.5 Å². The van der Waals surface area contributed by atoms with Crippen molar-refractivity contribution >= 4 is 50.9 Å². The van der Waals surface area contributed by atoms with E-state index in [1.165, 1.54) is 13.2 Å². The van der Waals surface area contributed by atoms with Gasteiger partial charge < -0.3 is 14.6 Å². The highest BCUT2D eigenvalue weighted by molar-refractivity contribution is 9.10. The molecule has 2 rings (SSSR count). The van der Waals surface area contributed by atoms with Gasteiger partial charge in [0.25, 0.3) is 11.1 Å². The number of hydrogen-bond acceptors (Lipinski definition) is 6. The molecule has 1 aromatic carbocycles. The average molecular weight is 426 g/mol. The maximum atomic E-state index is 12.2. The van der Waals surface area contributed by atoms with E-state index in [0.29, 0.717) is 10.0 Å². The number of carbonyl (C=O) groups excluding carboxylic acids is 2. The van der Waals surface area contributed by atoms with Crippen molar-refractivity contribution in [2.75, 3.05) is 20.3 Å². The van der Waals surface area contributed by atoms with Crippen molar-refractivity contribution in [3.63, 3.8) is 0 Å². The minimum Gasteiger partial charge on any atom is -0.493 e. The standard InChI is InChI=1S/C16H12BrNO6S/c1-3-4-18-15(21)12(25-16(18)22)7-9-5-10(17)14(11(6-9)23-2)24-8-13(19)20/h1,5-7H,4,8H2,2H3,(H,19,20)/b12-7+. The van der Waals surface area contributed by atoms with Crippen molar-refractivity contribution in [3.05, 3.63) is 27.1 Å². The van der Waals surface area contributed by atoms with Crippen LogP contribution in [-0.4, -0.2) is 47.4 Å². The molecule has 1 fully saturated rings. The first-order valence-corrected chi connectivity index (χ1v) is 8.39. The molecule has 7 nitrogen and oxygen atoms in total. The topological polar surface area (TPSA) is 93.1 Å². The van der Waals surface area contributed by atoms with Crippen LogP contribution in [0.4, 0.5) is 4.79 Å². The Kier molecular flexibility index (Phi) is 6.12. The lowest BCUT2D eigenvalue weighted by atomic mass is 10.2. The predicted octanol–water partition coefficient (Wildman–Crippen LogP) is 2.59. The fourth-order valence-electron chi connectivity index (χ4n) is 1.98. The molecule has 0 unspecified atom stereocenters. The predicted molar refractivity (Wildman–Crippen MR) is 95.3 cm³/mol. The molecule has 0 spiro atoms. The Hall–Kier alpha value is -2.44. The number of amides is 2. The van der Waals surface area contributed by atoms with Crippen LogP contribution >= 0.6 is 27.7 Å². The summed E-state index contributed by atoms with van der Waals surface area (Å²) in [5, 5.41) is 8.29. The normalized spacial score (nSPS) is 15.4. The van der Waals surface area contributed by atoms with Gasteiger partial charge in [0.2, 0.25) is 0 Å². The van der Waals surface area contributed by atoms with Crippen molar-refractivity contribution < 1.29 is 29.0 Å². The zero-order valence-electron chi connectivity index (χ0n) is 12.9. The number of thioether (sulfide) groups is 1. The Balaban J connectivity index is 2.33. The number of rotatable bonds is 6. The highest BCUT2D eigenvalue weighted by Crippen LogP contribution is 2.39. The first-order valence-electron chi connectivity index (χ1n) is 6.78. The molecule has 0 aromatic heterocycles. The number of halogens is 1. The molecule has 9 heteroatoms. The molecule has 1 aliphatic heterocycles. The lowest BCUT2D eigenvalue weighted by Crippen LogP contribution is -2.28. The van der Waals surface area contributed by atoms with Gasteiger partial charge in [-0.05, 0) is 51.5 Å².